The fraction of sp³-hybridized carbons (Fsp3) is 0.500. The van der Waals surface area contributed by atoms with Crippen LogP contribution in [-0.4, -0.2) is 51.0 Å². The molecule has 8 heteroatoms. The van der Waals surface area contributed by atoms with Crippen LogP contribution >= 0.6 is 0 Å². The van der Waals surface area contributed by atoms with Crippen molar-refractivity contribution in [2.45, 2.75) is 12.9 Å². The van der Waals surface area contributed by atoms with Gasteiger partial charge in [-0.2, -0.15) is 0 Å². The number of hydrogen-bond donors (Lipinski definition) is 1. The highest BCUT2D eigenvalue weighted by atomic mass is 19.4. The van der Waals surface area contributed by atoms with Crippen LogP contribution < -0.4 is 10.1 Å². The van der Waals surface area contributed by atoms with Crippen LogP contribution in [0.4, 0.5) is 13.2 Å². The normalized spacial score (nSPS) is 11.3. The van der Waals surface area contributed by atoms with E-state index in [9.17, 15) is 18.0 Å². The third-order valence-electron chi connectivity index (χ3n) is 2.76. The Kier molecular flexibility index (Phi) is 7.13. The van der Waals surface area contributed by atoms with E-state index in [4.69, 9.17) is 4.74 Å². The van der Waals surface area contributed by atoms with E-state index in [1.165, 1.54) is 29.2 Å². The number of amides is 1. The third-order valence-corrected chi connectivity index (χ3v) is 2.76. The number of ether oxygens (including phenoxy) is 2. The minimum atomic E-state index is -4.71. The number of likely N-dealkylation sites (N-methyl/N-ethyl adjacent to an activating group) is 1. The highest BCUT2D eigenvalue weighted by Gasteiger charge is 2.30. The quantitative estimate of drug-likeness (QED) is 0.742. The third kappa shape index (κ3) is 7.28. The van der Waals surface area contributed by atoms with Crippen molar-refractivity contribution in [1.82, 2.24) is 10.2 Å². The molecule has 0 unspecified atom stereocenters. The molecule has 0 heterocycles. The summed E-state index contributed by atoms with van der Waals surface area (Å²) < 4.78 is 44.7. The number of alkyl halides is 3. The second kappa shape index (κ2) is 8.60. The van der Waals surface area contributed by atoms with Gasteiger partial charge in [0.1, 0.15) is 5.75 Å². The van der Waals surface area contributed by atoms with Gasteiger partial charge in [0.15, 0.2) is 0 Å². The average molecular weight is 320 g/mol. The minimum absolute atomic E-state index is 0.119. The largest absolute Gasteiger partial charge is 0.573 e. The number of carbonyl (C=O) groups excluding carboxylic acids is 1. The summed E-state index contributed by atoms with van der Waals surface area (Å²) in [6, 6.07) is 5.42. The molecule has 5 nitrogen and oxygen atoms in total. The maximum Gasteiger partial charge on any atom is 0.573 e. The van der Waals surface area contributed by atoms with Crippen LogP contribution in [-0.2, 0) is 16.1 Å². The van der Waals surface area contributed by atoms with Gasteiger partial charge in [-0.3, -0.25) is 4.79 Å². The second-order valence-corrected chi connectivity index (χ2v) is 4.61. The zero-order chi connectivity index (χ0) is 16.6. The lowest BCUT2D eigenvalue weighted by Crippen LogP contribution is -2.36. The molecule has 1 N–H and O–H groups in total. The first-order valence-corrected chi connectivity index (χ1v) is 6.60. The minimum Gasteiger partial charge on any atom is -0.406 e. The van der Waals surface area contributed by atoms with Crippen LogP contribution in [0.25, 0.3) is 0 Å². The highest BCUT2D eigenvalue weighted by Crippen LogP contribution is 2.22. The number of nitrogens with one attached hydrogen (secondary N) is 1. The van der Waals surface area contributed by atoms with Crippen LogP contribution in [0, 0.1) is 0 Å². The van der Waals surface area contributed by atoms with Crippen molar-refractivity contribution in [1.29, 1.82) is 0 Å². The van der Waals surface area contributed by atoms with Crippen LogP contribution in [0.1, 0.15) is 5.56 Å². The summed E-state index contributed by atoms with van der Waals surface area (Å²) in [5.41, 5.74) is 0.710. The summed E-state index contributed by atoms with van der Waals surface area (Å²) in [6.07, 6.45) is -4.71. The maximum atomic E-state index is 12.0. The number of hydrogen-bond acceptors (Lipinski definition) is 4. The molecule has 0 aliphatic rings. The van der Waals surface area contributed by atoms with E-state index in [0.717, 1.165) is 0 Å². The summed E-state index contributed by atoms with van der Waals surface area (Å²) in [5.74, 6) is -0.404. The Hall–Kier alpha value is -1.80. The van der Waals surface area contributed by atoms with Crippen molar-refractivity contribution < 1.29 is 27.4 Å². The first kappa shape index (κ1) is 18.2. The predicted octanol–water partition coefficient (Wildman–Crippen LogP) is 1.78. The Morgan fingerprint density at radius 2 is 1.91 bits per heavy atom. The van der Waals surface area contributed by atoms with Crippen molar-refractivity contribution in [3.63, 3.8) is 0 Å². The summed E-state index contributed by atoms with van der Waals surface area (Å²) in [7, 11) is 3.20. The fourth-order valence-electron chi connectivity index (χ4n) is 1.66. The van der Waals surface area contributed by atoms with Gasteiger partial charge in [0, 0.05) is 27.2 Å². The molecule has 1 aromatic rings. The number of methoxy groups -OCH3 is 1. The van der Waals surface area contributed by atoms with Crippen LogP contribution in [0.5, 0.6) is 5.75 Å². The van der Waals surface area contributed by atoms with Crippen molar-refractivity contribution in [2.75, 3.05) is 33.9 Å². The molecule has 124 valence electrons. The van der Waals surface area contributed by atoms with Gasteiger partial charge in [-0.05, 0) is 17.7 Å². The second-order valence-electron chi connectivity index (χ2n) is 4.61. The van der Waals surface area contributed by atoms with Gasteiger partial charge >= 0.3 is 6.36 Å². The standard InChI is InChI=1S/C14H19F3N2O3/c1-19(13(20)9-18-7-8-21-2)10-11-3-5-12(6-4-11)22-14(15,16)17/h3-6,18H,7-10H2,1-2H3. The Morgan fingerprint density at radius 3 is 2.45 bits per heavy atom. The molecule has 1 amide bonds. The van der Waals surface area contributed by atoms with Gasteiger partial charge in [0.05, 0.1) is 13.2 Å². The predicted molar refractivity (Wildman–Crippen MR) is 74.3 cm³/mol. The fourth-order valence-corrected chi connectivity index (χ4v) is 1.66. The molecule has 1 rings (SSSR count). The molecule has 1 aromatic carbocycles. The Morgan fingerprint density at radius 1 is 1.27 bits per heavy atom. The molecule has 0 aromatic heterocycles. The molecule has 0 saturated carbocycles. The Labute approximate surface area is 127 Å². The molecule has 22 heavy (non-hydrogen) atoms. The van der Waals surface area contributed by atoms with Crippen molar-refractivity contribution in [3.05, 3.63) is 29.8 Å². The van der Waals surface area contributed by atoms with Crippen LogP contribution in [0.2, 0.25) is 0 Å². The molecule has 0 spiro atoms. The van der Waals surface area contributed by atoms with Gasteiger partial charge in [-0.25, -0.2) is 0 Å². The van der Waals surface area contributed by atoms with E-state index < -0.39 is 6.36 Å². The molecule has 0 radical (unpaired) electrons. The van der Waals surface area contributed by atoms with Gasteiger partial charge < -0.3 is 19.7 Å². The number of benzene rings is 1. The van der Waals surface area contributed by atoms with E-state index in [1.54, 1.807) is 14.2 Å². The van der Waals surface area contributed by atoms with E-state index in [0.29, 0.717) is 25.3 Å². The van der Waals surface area contributed by atoms with Crippen LogP contribution in [0.3, 0.4) is 0 Å². The highest BCUT2D eigenvalue weighted by molar-refractivity contribution is 5.77. The average Bonchev–Trinajstić information content (AvgIpc) is 2.44. The molecule has 0 saturated heterocycles. The molecule has 0 atom stereocenters. The zero-order valence-corrected chi connectivity index (χ0v) is 12.4. The van der Waals surface area contributed by atoms with Crippen molar-refractivity contribution in [3.8, 4) is 5.75 Å². The lowest BCUT2D eigenvalue weighted by atomic mass is 10.2. The number of halogens is 3. The number of carbonyl (C=O) groups is 1. The van der Waals surface area contributed by atoms with Gasteiger partial charge in [0.2, 0.25) is 5.91 Å². The van der Waals surface area contributed by atoms with E-state index in [2.05, 4.69) is 10.1 Å². The summed E-state index contributed by atoms with van der Waals surface area (Å²) >= 11 is 0. The van der Waals surface area contributed by atoms with Gasteiger partial charge in [-0.1, -0.05) is 12.1 Å². The Bertz CT molecular complexity index is 463. The van der Waals surface area contributed by atoms with E-state index >= 15 is 0 Å². The molecular weight excluding hydrogens is 301 g/mol. The van der Waals surface area contributed by atoms with Crippen LogP contribution in [0.15, 0.2) is 24.3 Å². The summed E-state index contributed by atoms with van der Waals surface area (Å²) in [4.78, 5) is 13.3. The van der Waals surface area contributed by atoms with Crippen molar-refractivity contribution >= 4 is 5.91 Å². The number of nitrogens with zero attached hydrogens (tertiary/aromatic N) is 1. The first-order valence-electron chi connectivity index (χ1n) is 6.60. The first-order chi connectivity index (χ1) is 10.3. The molecule has 0 aliphatic heterocycles. The monoisotopic (exact) mass is 320 g/mol. The lowest BCUT2D eigenvalue weighted by molar-refractivity contribution is -0.274. The lowest BCUT2D eigenvalue weighted by Gasteiger charge is -2.18. The van der Waals surface area contributed by atoms with Crippen molar-refractivity contribution in [2.24, 2.45) is 0 Å². The maximum absolute atomic E-state index is 12.0. The SMILES string of the molecule is COCCNCC(=O)N(C)Cc1ccc(OC(F)(F)F)cc1. The smallest absolute Gasteiger partial charge is 0.406 e. The molecule has 0 aliphatic carbocycles. The van der Waals surface area contributed by atoms with Gasteiger partial charge in [0.25, 0.3) is 0 Å². The molecular formula is C14H19F3N2O3. The van der Waals surface area contributed by atoms with E-state index in [-0.39, 0.29) is 18.2 Å². The molecule has 0 fully saturated rings. The summed E-state index contributed by atoms with van der Waals surface area (Å²) in [6.45, 7) is 1.56. The van der Waals surface area contributed by atoms with E-state index in [1.807, 2.05) is 0 Å². The van der Waals surface area contributed by atoms with Gasteiger partial charge in [-0.15, -0.1) is 13.2 Å². The summed E-state index contributed by atoms with van der Waals surface area (Å²) in [5, 5.41) is 2.93. The number of rotatable bonds is 8. The molecule has 0 bridgehead atoms. The zero-order valence-electron chi connectivity index (χ0n) is 12.4. The Balaban J connectivity index is 2.43. The topological polar surface area (TPSA) is 50.8 Å².